The molecule has 1 unspecified atom stereocenters. The minimum atomic E-state index is -0.406. The molecule has 1 aliphatic heterocycles. The molecule has 8 nitrogen and oxygen atoms in total. The molecule has 1 aliphatic rings. The average Bonchev–Trinajstić information content (AvgIpc) is 2.97. The molecule has 1 aromatic heterocycles. The van der Waals surface area contributed by atoms with Crippen LogP contribution in [-0.4, -0.2) is 40.4 Å². The molecule has 2 atom stereocenters. The van der Waals surface area contributed by atoms with Crippen LogP contribution in [0.1, 0.15) is 19.8 Å². The Kier molecular flexibility index (Phi) is 4.75. The first kappa shape index (κ1) is 16.4. The number of piperidine rings is 1. The van der Waals surface area contributed by atoms with Gasteiger partial charge in [0, 0.05) is 17.5 Å². The molecule has 1 fully saturated rings. The van der Waals surface area contributed by atoms with E-state index in [1.165, 1.54) is 17.0 Å². The van der Waals surface area contributed by atoms with E-state index in [1.54, 1.807) is 12.3 Å². The topological polar surface area (TPSA) is 91.7 Å². The maximum absolute atomic E-state index is 11.9. The maximum atomic E-state index is 11.9. The molecule has 0 aliphatic carbocycles. The Morgan fingerprint density at radius 2 is 2.38 bits per heavy atom. The standard InChI is InChI=1S/C16H20N4O4/c1-2-24-16(21)12-4-3-7-18(10-12)11-19-15-6-5-14(20(22)23)8-13(15)9-17-19/h5-6,8-9,12H,2-4,7,10-11H2,1H3/p+1/t12-/m0/s1. The minimum Gasteiger partial charge on any atom is -0.466 e. The number of aromatic nitrogens is 2. The highest BCUT2D eigenvalue weighted by molar-refractivity contribution is 5.81. The number of esters is 1. The van der Waals surface area contributed by atoms with Gasteiger partial charge in [-0.1, -0.05) is 0 Å². The van der Waals surface area contributed by atoms with Crippen LogP contribution in [-0.2, 0) is 16.2 Å². The summed E-state index contributed by atoms with van der Waals surface area (Å²) in [5.41, 5.74) is 0.932. The molecule has 2 aromatic rings. The number of ether oxygens (including phenoxy) is 1. The number of rotatable bonds is 5. The van der Waals surface area contributed by atoms with Crippen LogP contribution in [0.15, 0.2) is 24.4 Å². The molecule has 0 saturated carbocycles. The van der Waals surface area contributed by atoms with Gasteiger partial charge in [0.05, 0.1) is 36.3 Å². The summed E-state index contributed by atoms with van der Waals surface area (Å²) in [6.07, 6.45) is 3.49. The van der Waals surface area contributed by atoms with Gasteiger partial charge in [-0.2, -0.15) is 5.10 Å². The Balaban J connectivity index is 1.72. The third kappa shape index (κ3) is 3.38. The van der Waals surface area contributed by atoms with E-state index >= 15 is 0 Å². The number of nitrogens with zero attached hydrogens (tertiary/aromatic N) is 3. The molecule has 0 amide bonds. The smallest absolute Gasteiger partial charge is 0.314 e. The van der Waals surface area contributed by atoms with E-state index in [0.717, 1.165) is 36.8 Å². The van der Waals surface area contributed by atoms with E-state index in [1.807, 2.05) is 11.6 Å². The van der Waals surface area contributed by atoms with Crippen molar-refractivity contribution < 1.29 is 19.4 Å². The molecule has 0 radical (unpaired) electrons. The van der Waals surface area contributed by atoms with E-state index in [2.05, 4.69) is 5.10 Å². The van der Waals surface area contributed by atoms with Crippen molar-refractivity contribution in [1.82, 2.24) is 9.78 Å². The molecule has 2 heterocycles. The Hall–Kier alpha value is -2.48. The lowest BCUT2D eigenvalue weighted by Crippen LogP contribution is -3.13. The molecule has 1 saturated heterocycles. The van der Waals surface area contributed by atoms with E-state index in [0.29, 0.717) is 13.3 Å². The SMILES string of the molecule is CCOC(=O)[C@H]1CCC[NH+](Cn2ncc3cc([N+](=O)[O-])ccc32)C1. The number of likely N-dealkylation sites (tertiary alicyclic amines) is 1. The summed E-state index contributed by atoms with van der Waals surface area (Å²) in [6.45, 7) is 4.57. The summed E-state index contributed by atoms with van der Waals surface area (Å²) in [4.78, 5) is 23.7. The van der Waals surface area contributed by atoms with Gasteiger partial charge in [0.1, 0.15) is 5.92 Å². The summed E-state index contributed by atoms with van der Waals surface area (Å²) < 4.78 is 6.98. The van der Waals surface area contributed by atoms with E-state index < -0.39 is 4.92 Å². The van der Waals surface area contributed by atoms with Crippen molar-refractivity contribution >= 4 is 22.6 Å². The van der Waals surface area contributed by atoms with Crippen LogP contribution < -0.4 is 4.90 Å². The predicted molar refractivity (Wildman–Crippen MR) is 86.4 cm³/mol. The third-order valence-electron chi connectivity index (χ3n) is 4.45. The first-order valence-electron chi connectivity index (χ1n) is 8.18. The second kappa shape index (κ2) is 6.96. The Morgan fingerprint density at radius 1 is 1.54 bits per heavy atom. The van der Waals surface area contributed by atoms with Crippen molar-refractivity contribution in [3.05, 3.63) is 34.5 Å². The predicted octanol–water partition coefficient (Wildman–Crippen LogP) is 0.760. The monoisotopic (exact) mass is 333 g/mol. The lowest BCUT2D eigenvalue weighted by molar-refractivity contribution is -0.930. The molecule has 24 heavy (non-hydrogen) atoms. The summed E-state index contributed by atoms with van der Waals surface area (Å²) >= 11 is 0. The molecule has 0 spiro atoms. The van der Waals surface area contributed by atoms with Crippen LogP contribution in [0.25, 0.3) is 10.9 Å². The van der Waals surface area contributed by atoms with Crippen molar-refractivity contribution in [3.63, 3.8) is 0 Å². The summed E-state index contributed by atoms with van der Waals surface area (Å²) in [5.74, 6) is -0.174. The number of carbonyl (C=O) groups is 1. The molecule has 1 N–H and O–H groups in total. The maximum Gasteiger partial charge on any atom is 0.314 e. The van der Waals surface area contributed by atoms with Gasteiger partial charge in [-0.25, -0.2) is 4.68 Å². The summed E-state index contributed by atoms with van der Waals surface area (Å²) in [7, 11) is 0. The van der Waals surface area contributed by atoms with Crippen molar-refractivity contribution in [2.75, 3.05) is 19.7 Å². The quantitative estimate of drug-likeness (QED) is 0.495. The Morgan fingerprint density at radius 3 is 3.12 bits per heavy atom. The van der Waals surface area contributed by atoms with E-state index in [4.69, 9.17) is 4.74 Å². The van der Waals surface area contributed by atoms with Crippen molar-refractivity contribution in [2.24, 2.45) is 5.92 Å². The van der Waals surface area contributed by atoms with E-state index in [-0.39, 0.29) is 17.6 Å². The van der Waals surface area contributed by atoms with Crippen LogP contribution in [0.2, 0.25) is 0 Å². The lowest BCUT2D eigenvalue weighted by atomic mass is 9.98. The highest BCUT2D eigenvalue weighted by Crippen LogP contribution is 2.20. The average molecular weight is 333 g/mol. The third-order valence-corrected chi connectivity index (χ3v) is 4.45. The van der Waals surface area contributed by atoms with Crippen molar-refractivity contribution in [3.8, 4) is 0 Å². The zero-order chi connectivity index (χ0) is 17.1. The van der Waals surface area contributed by atoms with Gasteiger partial charge in [-0.3, -0.25) is 14.9 Å². The molecule has 3 rings (SSSR count). The second-order valence-corrected chi connectivity index (χ2v) is 6.10. The van der Waals surface area contributed by atoms with Crippen LogP contribution in [0.4, 0.5) is 5.69 Å². The van der Waals surface area contributed by atoms with Gasteiger partial charge in [0.15, 0.2) is 6.67 Å². The Bertz CT molecular complexity index is 758. The molecular weight excluding hydrogens is 312 g/mol. The second-order valence-electron chi connectivity index (χ2n) is 6.10. The fraction of sp³-hybridized carbons (Fsp3) is 0.500. The molecular formula is C16H21N4O4+. The van der Waals surface area contributed by atoms with Crippen LogP contribution in [0.3, 0.4) is 0 Å². The number of non-ortho nitro benzene ring substituents is 1. The number of benzene rings is 1. The number of hydrogen-bond acceptors (Lipinski definition) is 5. The number of nitro groups is 1. The lowest BCUT2D eigenvalue weighted by Gasteiger charge is -2.28. The first-order valence-corrected chi connectivity index (χ1v) is 8.18. The zero-order valence-corrected chi connectivity index (χ0v) is 13.6. The zero-order valence-electron chi connectivity index (χ0n) is 13.6. The fourth-order valence-corrected chi connectivity index (χ4v) is 3.28. The number of fused-ring (bicyclic) bond motifs is 1. The van der Waals surface area contributed by atoms with Gasteiger partial charge in [0.2, 0.25) is 0 Å². The van der Waals surface area contributed by atoms with Gasteiger partial charge < -0.3 is 9.64 Å². The van der Waals surface area contributed by atoms with Crippen LogP contribution >= 0.6 is 0 Å². The number of carbonyl (C=O) groups excluding carboxylic acids is 1. The number of nitrogens with one attached hydrogen (secondary N) is 1. The van der Waals surface area contributed by atoms with Gasteiger partial charge >= 0.3 is 5.97 Å². The fourth-order valence-electron chi connectivity index (χ4n) is 3.28. The van der Waals surface area contributed by atoms with Crippen molar-refractivity contribution in [2.45, 2.75) is 26.4 Å². The highest BCUT2D eigenvalue weighted by Gasteiger charge is 2.30. The van der Waals surface area contributed by atoms with Gasteiger partial charge in [-0.15, -0.1) is 0 Å². The normalized spacial score (nSPS) is 20.9. The Labute approximate surface area is 139 Å². The van der Waals surface area contributed by atoms with Gasteiger partial charge in [-0.05, 0) is 25.8 Å². The highest BCUT2D eigenvalue weighted by atomic mass is 16.6. The van der Waals surface area contributed by atoms with Gasteiger partial charge in [0.25, 0.3) is 5.69 Å². The summed E-state index contributed by atoms with van der Waals surface area (Å²) in [6, 6.07) is 4.76. The molecule has 8 heteroatoms. The molecule has 0 bridgehead atoms. The summed E-state index contributed by atoms with van der Waals surface area (Å²) in [5, 5.41) is 16.0. The van der Waals surface area contributed by atoms with E-state index in [9.17, 15) is 14.9 Å². The number of quaternary nitrogens is 1. The van der Waals surface area contributed by atoms with Crippen LogP contribution in [0, 0.1) is 16.0 Å². The van der Waals surface area contributed by atoms with Crippen molar-refractivity contribution in [1.29, 1.82) is 0 Å². The minimum absolute atomic E-state index is 0.0587. The first-order chi connectivity index (χ1) is 11.6. The number of nitro benzene ring substituents is 1. The number of hydrogen-bond donors (Lipinski definition) is 1. The molecule has 1 aromatic carbocycles. The molecule has 128 valence electrons. The van der Waals surface area contributed by atoms with Crippen LogP contribution in [0.5, 0.6) is 0 Å². The largest absolute Gasteiger partial charge is 0.466 e.